The molecule has 6 nitrogen and oxygen atoms in total. The van der Waals surface area contributed by atoms with Crippen LogP contribution in [0.15, 0.2) is 81.2 Å². The second-order valence-electron chi connectivity index (χ2n) is 14.1. The van der Waals surface area contributed by atoms with Gasteiger partial charge in [0.2, 0.25) is 0 Å². The minimum Gasteiger partial charge on any atom is -0.463 e. The van der Waals surface area contributed by atoms with Gasteiger partial charge in [0.05, 0.1) is 6.61 Å². The quantitative estimate of drug-likeness (QED) is 0.112. The lowest BCUT2D eigenvalue weighted by molar-refractivity contribution is -0.0321. The van der Waals surface area contributed by atoms with Crippen molar-refractivity contribution in [2.24, 2.45) is 21.8 Å². The number of benzene rings is 2. The zero-order chi connectivity index (χ0) is 34.0. The van der Waals surface area contributed by atoms with Crippen molar-refractivity contribution >= 4 is 40.7 Å². The van der Waals surface area contributed by atoms with Gasteiger partial charge in [-0.2, -0.15) is 4.99 Å². The molecule has 0 spiro atoms. The highest BCUT2D eigenvalue weighted by Crippen LogP contribution is 2.39. The minimum atomic E-state index is 0.0889. The summed E-state index contributed by atoms with van der Waals surface area (Å²) in [6, 6.07) is 16.7. The maximum Gasteiger partial charge on any atom is 0.316 e. The topological polar surface area (TPSA) is 61.3 Å². The van der Waals surface area contributed by atoms with Crippen LogP contribution in [0.1, 0.15) is 84.1 Å². The number of likely N-dealkylation sites (N-methyl/N-ethyl adjacent to an activating group) is 1. The molecule has 8 heteroatoms. The Bertz CT molecular complexity index is 1500. The molecule has 0 aromatic heterocycles. The molecule has 260 valence electrons. The fourth-order valence-electron chi connectivity index (χ4n) is 8.02. The van der Waals surface area contributed by atoms with Gasteiger partial charge in [0.15, 0.2) is 0 Å². The standard InChI is InChI=1S/C40H55ClFN5O/c1-6-29(27(2)19-20-47-34-13-10-14-35(47)23-34)26-48-40(44-5)46-39(24-42)31(21-32-17-18-33(45-32)25-43-4)22-38(41)28(3)36-16-9-12-30-11-7-8-15-37(30)36/h7-9,11-12,15-16,22,24,27,29,32-35,43,45H,5-6,10,13-14,17-21,23,25-26H2,1-4H3/b31-22-,38-28-,39-24-,46-40+. The van der Waals surface area contributed by atoms with Crippen LogP contribution < -0.4 is 10.6 Å². The van der Waals surface area contributed by atoms with Crippen LogP contribution in [0.2, 0.25) is 0 Å². The van der Waals surface area contributed by atoms with Crippen LogP contribution in [0.3, 0.4) is 0 Å². The molecular weight excluding hydrogens is 621 g/mol. The molecule has 0 amide bonds. The van der Waals surface area contributed by atoms with E-state index in [9.17, 15) is 4.39 Å². The number of hydrogen-bond acceptors (Lipinski definition) is 5. The van der Waals surface area contributed by atoms with Gasteiger partial charge >= 0.3 is 6.02 Å². The highest BCUT2D eigenvalue weighted by Gasteiger charge is 2.40. The summed E-state index contributed by atoms with van der Waals surface area (Å²) >= 11 is 7.05. The predicted octanol–water partition coefficient (Wildman–Crippen LogP) is 9.03. The summed E-state index contributed by atoms with van der Waals surface area (Å²) in [7, 11) is 1.96. The van der Waals surface area contributed by atoms with Crippen molar-refractivity contribution in [3.8, 4) is 0 Å². The lowest BCUT2D eigenvalue weighted by Crippen LogP contribution is -2.58. The van der Waals surface area contributed by atoms with Gasteiger partial charge in [-0.15, -0.1) is 0 Å². The van der Waals surface area contributed by atoms with Crippen molar-refractivity contribution in [3.63, 3.8) is 0 Å². The molecule has 3 heterocycles. The normalized spacial score (nSPS) is 25.4. The molecule has 2 bridgehead atoms. The van der Waals surface area contributed by atoms with Crippen LogP contribution in [0.25, 0.3) is 16.3 Å². The summed E-state index contributed by atoms with van der Waals surface area (Å²) in [5.74, 6) is 0.840. The van der Waals surface area contributed by atoms with E-state index in [1.807, 2.05) is 38.2 Å². The van der Waals surface area contributed by atoms with E-state index in [0.717, 1.165) is 72.8 Å². The zero-order valence-corrected chi connectivity index (χ0v) is 30.1. The average molecular weight is 676 g/mol. The van der Waals surface area contributed by atoms with Gasteiger partial charge in [-0.25, -0.2) is 9.38 Å². The molecule has 2 N–H and O–H groups in total. The summed E-state index contributed by atoms with van der Waals surface area (Å²) in [4.78, 5) is 11.4. The van der Waals surface area contributed by atoms with Crippen molar-refractivity contribution in [2.75, 3.05) is 26.7 Å². The van der Waals surface area contributed by atoms with Crippen LogP contribution in [0, 0.1) is 11.8 Å². The second kappa shape index (κ2) is 17.7. The van der Waals surface area contributed by atoms with Crippen LogP contribution in [-0.4, -0.2) is 68.6 Å². The molecule has 2 aromatic carbocycles. The molecule has 6 unspecified atom stereocenters. The number of nitrogens with zero attached hydrogens (tertiary/aromatic N) is 3. The first-order chi connectivity index (χ1) is 23.3. The molecule has 3 saturated heterocycles. The van der Waals surface area contributed by atoms with Gasteiger partial charge in [0, 0.05) is 35.7 Å². The summed E-state index contributed by atoms with van der Waals surface area (Å²) in [5, 5.41) is 9.76. The zero-order valence-electron chi connectivity index (χ0n) is 29.4. The smallest absolute Gasteiger partial charge is 0.316 e. The third kappa shape index (κ3) is 9.03. The Morgan fingerprint density at radius 3 is 2.60 bits per heavy atom. The Morgan fingerprint density at radius 1 is 1.15 bits per heavy atom. The lowest BCUT2D eigenvalue weighted by atomic mass is 9.79. The van der Waals surface area contributed by atoms with Crippen LogP contribution >= 0.6 is 11.6 Å². The van der Waals surface area contributed by atoms with Gasteiger partial charge in [-0.1, -0.05) is 74.3 Å². The summed E-state index contributed by atoms with van der Waals surface area (Å²) in [5.41, 5.74) is 2.81. The van der Waals surface area contributed by atoms with Crippen LogP contribution in [0.5, 0.6) is 0 Å². The molecule has 3 fully saturated rings. The van der Waals surface area contributed by atoms with Gasteiger partial charge in [0.1, 0.15) is 12.0 Å². The van der Waals surface area contributed by atoms with Gasteiger partial charge < -0.3 is 15.4 Å². The van der Waals surface area contributed by atoms with Gasteiger partial charge in [-0.3, -0.25) is 4.90 Å². The third-order valence-electron chi connectivity index (χ3n) is 11.0. The van der Waals surface area contributed by atoms with E-state index < -0.39 is 0 Å². The SMILES string of the molecule is C=N\C(=N/C(=C\F)C(=C\C(Cl)=C(/C)c1cccc2ccccc12)/CC1CCC(CNC)N1)OCC(CC)C(C)CCN1C2CCCC1C2. The first-order valence-corrected chi connectivity index (χ1v) is 18.4. The van der Waals surface area contributed by atoms with Crippen molar-refractivity contribution < 1.29 is 9.13 Å². The van der Waals surface area contributed by atoms with Crippen molar-refractivity contribution in [1.29, 1.82) is 0 Å². The number of ether oxygens (including phenoxy) is 1. The number of aliphatic imine (C=N–C) groups is 2. The van der Waals surface area contributed by atoms with Gasteiger partial charge in [0.25, 0.3) is 0 Å². The van der Waals surface area contributed by atoms with E-state index in [1.54, 1.807) is 0 Å². The molecule has 6 atom stereocenters. The van der Waals surface area contributed by atoms with Crippen LogP contribution in [-0.2, 0) is 4.74 Å². The fraction of sp³-hybridized carbons (Fsp3) is 0.550. The number of fused-ring (bicyclic) bond motifs is 3. The third-order valence-corrected chi connectivity index (χ3v) is 11.4. The Labute approximate surface area is 292 Å². The van der Waals surface area contributed by atoms with Crippen molar-refractivity contribution in [1.82, 2.24) is 15.5 Å². The number of halogens is 2. The molecule has 0 saturated carbocycles. The Morgan fingerprint density at radius 2 is 1.90 bits per heavy atom. The number of piperidine rings is 1. The van der Waals surface area contributed by atoms with E-state index in [2.05, 4.69) is 70.3 Å². The molecule has 3 aliphatic heterocycles. The monoisotopic (exact) mass is 675 g/mol. The lowest BCUT2D eigenvalue weighted by Gasteiger charge is -2.53. The van der Waals surface area contributed by atoms with Crippen LogP contribution in [0.4, 0.5) is 4.39 Å². The first-order valence-electron chi connectivity index (χ1n) is 18.1. The number of nitrogens with one attached hydrogen (secondary N) is 2. The van der Waals surface area contributed by atoms with E-state index >= 15 is 0 Å². The van der Waals surface area contributed by atoms with E-state index in [-0.39, 0.29) is 17.8 Å². The average Bonchev–Trinajstić information content (AvgIpc) is 3.56. The first kappa shape index (κ1) is 36.4. The van der Waals surface area contributed by atoms with Crippen molar-refractivity contribution in [3.05, 3.63) is 76.7 Å². The minimum absolute atomic E-state index is 0.0889. The Hall–Kier alpha value is -2.84. The molecule has 2 aromatic rings. The molecule has 5 rings (SSSR count). The highest BCUT2D eigenvalue weighted by molar-refractivity contribution is 6.34. The van der Waals surface area contributed by atoms with E-state index in [4.69, 9.17) is 16.3 Å². The number of rotatable bonds is 15. The van der Waals surface area contributed by atoms with Gasteiger partial charge in [-0.05, 0) is 124 Å². The number of amidine groups is 1. The summed E-state index contributed by atoms with van der Waals surface area (Å²) in [6.45, 7) is 12.8. The molecule has 48 heavy (non-hydrogen) atoms. The molecular formula is C40H55ClFN5O. The maximum atomic E-state index is 14.8. The number of hydrogen-bond donors (Lipinski definition) is 2. The number of allylic oxidation sites excluding steroid dienone is 4. The van der Waals surface area contributed by atoms with Crippen molar-refractivity contribution in [2.45, 2.75) is 103 Å². The second-order valence-corrected chi connectivity index (χ2v) is 14.5. The molecule has 0 aliphatic carbocycles. The fourth-order valence-corrected chi connectivity index (χ4v) is 8.25. The summed E-state index contributed by atoms with van der Waals surface area (Å²) < 4.78 is 21.0. The molecule has 3 aliphatic rings. The molecule has 0 radical (unpaired) electrons. The van der Waals surface area contributed by atoms with E-state index in [1.165, 1.54) is 25.7 Å². The highest BCUT2D eigenvalue weighted by atomic mass is 35.5. The Balaban J connectivity index is 1.33. The maximum absolute atomic E-state index is 14.8. The summed E-state index contributed by atoms with van der Waals surface area (Å²) in [6.07, 6.45) is 12.6. The predicted molar refractivity (Wildman–Crippen MR) is 201 cm³/mol. The Kier molecular flexibility index (Phi) is 13.4. The largest absolute Gasteiger partial charge is 0.463 e. The van der Waals surface area contributed by atoms with E-state index in [0.29, 0.717) is 47.8 Å².